The van der Waals surface area contributed by atoms with Gasteiger partial charge in [0, 0.05) is 5.57 Å². The molecule has 24 heavy (non-hydrogen) atoms. The SMILES string of the molecule is CC1=C(C(=O)O)N2C(=O)[C@@H](NC(=O)Cc3ccccc3)[C@H]2[S+]([O-])C1. The number of aliphatic carboxylic acids is 1. The molecule has 1 aromatic carbocycles. The van der Waals surface area contributed by atoms with Gasteiger partial charge < -0.3 is 15.0 Å². The fraction of sp³-hybridized carbons (Fsp3) is 0.312. The van der Waals surface area contributed by atoms with E-state index in [1.165, 1.54) is 0 Å². The summed E-state index contributed by atoms with van der Waals surface area (Å²) in [5.41, 5.74) is 1.07. The van der Waals surface area contributed by atoms with Crippen LogP contribution in [0.3, 0.4) is 0 Å². The summed E-state index contributed by atoms with van der Waals surface area (Å²) in [4.78, 5) is 36.8. The molecule has 1 fully saturated rings. The highest BCUT2D eigenvalue weighted by molar-refractivity contribution is 7.92. The van der Waals surface area contributed by atoms with E-state index >= 15 is 0 Å². The van der Waals surface area contributed by atoms with Gasteiger partial charge in [-0.25, -0.2) is 4.79 Å². The Morgan fingerprint density at radius 1 is 1.38 bits per heavy atom. The number of nitrogens with one attached hydrogen (secondary N) is 1. The molecule has 2 aliphatic heterocycles. The quantitative estimate of drug-likeness (QED) is 0.588. The van der Waals surface area contributed by atoms with Gasteiger partial charge in [0.25, 0.3) is 5.91 Å². The summed E-state index contributed by atoms with van der Waals surface area (Å²) >= 11 is -1.44. The van der Waals surface area contributed by atoms with E-state index in [1.54, 1.807) is 19.1 Å². The first-order chi connectivity index (χ1) is 11.4. The number of nitrogens with zero attached hydrogens (tertiary/aromatic N) is 1. The molecule has 0 aliphatic carbocycles. The van der Waals surface area contributed by atoms with E-state index in [4.69, 9.17) is 0 Å². The van der Waals surface area contributed by atoms with Gasteiger partial charge in [0.05, 0.1) is 6.42 Å². The molecule has 8 heteroatoms. The number of carboxylic acid groups (broad SMARTS) is 1. The van der Waals surface area contributed by atoms with Crippen molar-refractivity contribution in [1.82, 2.24) is 10.2 Å². The Kier molecular flexibility index (Phi) is 4.33. The second kappa shape index (κ2) is 6.29. The first-order valence-electron chi connectivity index (χ1n) is 7.36. The molecule has 1 unspecified atom stereocenters. The van der Waals surface area contributed by atoms with E-state index in [-0.39, 0.29) is 23.8 Å². The Morgan fingerprint density at radius 3 is 2.67 bits per heavy atom. The molecule has 0 radical (unpaired) electrons. The minimum Gasteiger partial charge on any atom is -0.614 e. The van der Waals surface area contributed by atoms with Crippen molar-refractivity contribution in [3.8, 4) is 0 Å². The lowest BCUT2D eigenvalue weighted by Crippen LogP contribution is -2.74. The van der Waals surface area contributed by atoms with Crippen LogP contribution in [0.1, 0.15) is 12.5 Å². The molecule has 2 heterocycles. The van der Waals surface area contributed by atoms with Gasteiger partial charge in [-0.05, 0) is 23.7 Å². The van der Waals surface area contributed by atoms with Crippen LogP contribution in [-0.2, 0) is 32.0 Å². The highest BCUT2D eigenvalue weighted by Crippen LogP contribution is 2.36. The molecule has 0 aromatic heterocycles. The van der Waals surface area contributed by atoms with Gasteiger partial charge in [0.2, 0.25) is 11.3 Å². The fourth-order valence-electron chi connectivity index (χ4n) is 2.97. The van der Waals surface area contributed by atoms with E-state index < -0.39 is 34.5 Å². The normalized spacial score (nSPS) is 25.8. The summed E-state index contributed by atoms with van der Waals surface area (Å²) < 4.78 is 12.3. The Hall–Kier alpha value is -2.32. The molecule has 126 valence electrons. The van der Waals surface area contributed by atoms with Gasteiger partial charge in [-0.1, -0.05) is 30.3 Å². The van der Waals surface area contributed by atoms with Crippen molar-refractivity contribution in [2.45, 2.75) is 24.8 Å². The predicted octanol–water partition coefficient (Wildman–Crippen LogP) is 0.00310. The van der Waals surface area contributed by atoms with Crippen LogP contribution < -0.4 is 5.32 Å². The summed E-state index contributed by atoms with van der Waals surface area (Å²) in [6.45, 7) is 1.55. The van der Waals surface area contributed by atoms with E-state index in [2.05, 4.69) is 5.32 Å². The van der Waals surface area contributed by atoms with Crippen molar-refractivity contribution < 1.29 is 24.0 Å². The minimum atomic E-state index is -1.44. The largest absolute Gasteiger partial charge is 0.614 e. The van der Waals surface area contributed by atoms with E-state index in [0.29, 0.717) is 5.57 Å². The zero-order valence-corrected chi connectivity index (χ0v) is 13.7. The van der Waals surface area contributed by atoms with E-state index in [0.717, 1.165) is 10.5 Å². The maximum absolute atomic E-state index is 12.3. The maximum atomic E-state index is 12.3. The zero-order chi connectivity index (χ0) is 17.4. The smallest absolute Gasteiger partial charge is 0.352 e. The highest BCUT2D eigenvalue weighted by atomic mass is 32.2. The molecular formula is C16H16N2O5S. The predicted molar refractivity (Wildman–Crippen MR) is 86.1 cm³/mol. The number of carbonyl (C=O) groups excluding carboxylic acids is 2. The van der Waals surface area contributed by atoms with Crippen molar-refractivity contribution >= 4 is 29.0 Å². The van der Waals surface area contributed by atoms with E-state index in [1.807, 2.05) is 18.2 Å². The minimum absolute atomic E-state index is 0.0845. The van der Waals surface area contributed by atoms with Crippen LogP contribution in [0.25, 0.3) is 0 Å². The third kappa shape index (κ3) is 2.78. The lowest BCUT2D eigenvalue weighted by atomic mass is 10.0. The molecule has 3 atom stereocenters. The Labute approximate surface area is 141 Å². The fourth-order valence-corrected chi connectivity index (χ4v) is 4.63. The molecule has 2 N–H and O–H groups in total. The summed E-state index contributed by atoms with van der Waals surface area (Å²) in [6.07, 6.45) is 0.102. The second-order valence-electron chi connectivity index (χ2n) is 5.77. The van der Waals surface area contributed by atoms with Crippen molar-refractivity contribution in [2.24, 2.45) is 0 Å². The first-order valence-corrected chi connectivity index (χ1v) is 8.75. The third-order valence-corrected chi connectivity index (χ3v) is 5.78. The Bertz CT molecular complexity index is 733. The highest BCUT2D eigenvalue weighted by Gasteiger charge is 2.60. The number of carboxylic acids is 1. The van der Waals surface area contributed by atoms with Crippen LogP contribution in [0.15, 0.2) is 41.6 Å². The van der Waals surface area contributed by atoms with Crippen molar-refractivity contribution in [1.29, 1.82) is 0 Å². The number of fused-ring (bicyclic) bond motifs is 1. The summed E-state index contributed by atoms with van der Waals surface area (Å²) in [6, 6.07) is 8.10. The number of rotatable bonds is 4. The van der Waals surface area contributed by atoms with Crippen LogP contribution >= 0.6 is 0 Å². The molecule has 1 aromatic rings. The summed E-state index contributed by atoms with van der Waals surface area (Å²) in [7, 11) is 0. The lowest BCUT2D eigenvalue weighted by Gasteiger charge is -2.48. The molecular weight excluding hydrogens is 332 g/mol. The maximum Gasteiger partial charge on any atom is 0.352 e. The molecule has 0 bridgehead atoms. The lowest BCUT2D eigenvalue weighted by molar-refractivity contribution is -0.151. The van der Waals surface area contributed by atoms with Crippen LogP contribution in [0.5, 0.6) is 0 Å². The van der Waals surface area contributed by atoms with Crippen LogP contribution in [0, 0.1) is 0 Å². The standard InChI is InChI=1S/C16H16N2O5S/c1-9-8-24(23)15-12(14(20)18(15)13(9)16(21)22)17-11(19)7-10-5-3-2-4-6-10/h2-6,12,15H,7-8H2,1H3,(H,17,19)(H,21,22)/t12-,15-,24?/m1/s1. The number of β-lactam (4-membered cyclic amide) rings is 1. The number of carbonyl (C=O) groups is 3. The molecule has 0 spiro atoms. The van der Waals surface area contributed by atoms with Gasteiger partial charge in [0.15, 0.2) is 6.04 Å². The van der Waals surface area contributed by atoms with Crippen LogP contribution in [0.4, 0.5) is 0 Å². The van der Waals surface area contributed by atoms with Gasteiger partial charge in [0.1, 0.15) is 11.4 Å². The zero-order valence-electron chi connectivity index (χ0n) is 12.9. The Morgan fingerprint density at radius 2 is 2.04 bits per heavy atom. The van der Waals surface area contributed by atoms with Crippen molar-refractivity contribution in [2.75, 3.05) is 5.75 Å². The number of hydrogen-bond donors (Lipinski definition) is 2. The molecule has 2 aliphatic rings. The number of amides is 2. The summed E-state index contributed by atoms with van der Waals surface area (Å²) in [5.74, 6) is -2.04. The number of hydrogen-bond acceptors (Lipinski definition) is 4. The van der Waals surface area contributed by atoms with E-state index in [9.17, 15) is 24.0 Å². The van der Waals surface area contributed by atoms with Crippen LogP contribution in [-0.4, -0.2) is 49.5 Å². The molecule has 1 saturated heterocycles. The average molecular weight is 348 g/mol. The third-order valence-electron chi connectivity index (χ3n) is 4.04. The monoisotopic (exact) mass is 348 g/mol. The van der Waals surface area contributed by atoms with Crippen molar-refractivity contribution in [3.05, 3.63) is 47.2 Å². The average Bonchev–Trinajstić information content (AvgIpc) is 2.53. The van der Waals surface area contributed by atoms with Gasteiger partial charge in [-0.3, -0.25) is 14.5 Å². The van der Waals surface area contributed by atoms with Crippen LogP contribution in [0.2, 0.25) is 0 Å². The topological polar surface area (TPSA) is 110 Å². The molecule has 3 rings (SSSR count). The Balaban J connectivity index is 1.72. The molecule has 7 nitrogen and oxygen atoms in total. The van der Waals surface area contributed by atoms with Gasteiger partial charge in [-0.2, -0.15) is 0 Å². The van der Waals surface area contributed by atoms with Gasteiger partial charge in [-0.15, -0.1) is 0 Å². The molecule has 0 saturated carbocycles. The van der Waals surface area contributed by atoms with Gasteiger partial charge >= 0.3 is 5.97 Å². The second-order valence-corrected chi connectivity index (χ2v) is 7.30. The summed E-state index contributed by atoms with van der Waals surface area (Å²) in [5, 5.41) is 11.0. The number of benzene rings is 1. The molecule has 2 amide bonds. The van der Waals surface area contributed by atoms with Crippen molar-refractivity contribution in [3.63, 3.8) is 0 Å². The first kappa shape index (κ1) is 16.5.